The molecule has 2 rings (SSSR count). The van der Waals surface area contributed by atoms with Crippen LogP contribution < -0.4 is 5.73 Å². The Bertz CT molecular complexity index is 324. The molecule has 1 aliphatic rings. The highest BCUT2D eigenvalue weighted by molar-refractivity contribution is 7.99. The van der Waals surface area contributed by atoms with Crippen molar-refractivity contribution in [1.82, 2.24) is 4.98 Å². The summed E-state index contributed by atoms with van der Waals surface area (Å²) >= 11 is 7.90. The maximum Gasteiger partial charge on any atom is 0.133 e. The highest BCUT2D eigenvalue weighted by Crippen LogP contribution is 2.40. The predicted octanol–water partition coefficient (Wildman–Crippen LogP) is 2.76. The number of nitrogens with two attached hydrogens (primary N) is 1. The van der Waals surface area contributed by atoms with E-state index < -0.39 is 0 Å². The van der Waals surface area contributed by atoms with Gasteiger partial charge in [-0.1, -0.05) is 11.6 Å². The fraction of sp³-hybridized carbons (Fsp3) is 0.500. The van der Waals surface area contributed by atoms with Crippen LogP contribution in [0.2, 0.25) is 5.15 Å². The molecule has 4 heteroatoms. The standard InChI is InChI=1S/C10H13ClN2S/c11-10-7(5-12)4-8(6-13-10)9-2-1-3-14-9/h4,6,9H,1-3,5,12H2. The van der Waals surface area contributed by atoms with Crippen molar-refractivity contribution in [1.29, 1.82) is 0 Å². The molecular formula is C10H13ClN2S. The van der Waals surface area contributed by atoms with Gasteiger partial charge >= 0.3 is 0 Å². The summed E-state index contributed by atoms with van der Waals surface area (Å²) < 4.78 is 0. The first-order valence-corrected chi connectivity index (χ1v) is 6.20. The van der Waals surface area contributed by atoms with E-state index in [1.165, 1.54) is 24.2 Å². The molecule has 1 aliphatic heterocycles. The Balaban J connectivity index is 2.25. The first-order valence-electron chi connectivity index (χ1n) is 4.77. The van der Waals surface area contributed by atoms with Gasteiger partial charge in [-0.15, -0.1) is 0 Å². The van der Waals surface area contributed by atoms with Crippen molar-refractivity contribution < 1.29 is 0 Å². The van der Waals surface area contributed by atoms with E-state index in [2.05, 4.69) is 11.1 Å². The van der Waals surface area contributed by atoms with Crippen LogP contribution in [0.15, 0.2) is 12.3 Å². The smallest absolute Gasteiger partial charge is 0.133 e. The Morgan fingerprint density at radius 2 is 2.50 bits per heavy atom. The van der Waals surface area contributed by atoms with E-state index in [1.54, 1.807) is 0 Å². The molecule has 1 atom stereocenters. The quantitative estimate of drug-likeness (QED) is 0.792. The van der Waals surface area contributed by atoms with E-state index in [1.807, 2.05) is 18.0 Å². The molecule has 0 saturated carbocycles. The van der Waals surface area contributed by atoms with E-state index in [4.69, 9.17) is 17.3 Å². The molecular weight excluding hydrogens is 216 g/mol. The molecule has 2 nitrogen and oxygen atoms in total. The summed E-state index contributed by atoms with van der Waals surface area (Å²) in [6.07, 6.45) is 4.43. The number of hydrogen-bond acceptors (Lipinski definition) is 3. The van der Waals surface area contributed by atoms with Gasteiger partial charge in [0.05, 0.1) is 0 Å². The molecule has 1 unspecified atom stereocenters. The first-order chi connectivity index (χ1) is 6.81. The van der Waals surface area contributed by atoms with E-state index in [0.29, 0.717) is 16.9 Å². The number of nitrogens with zero attached hydrogens (tertiary/aromatic N) is 1. The molecule has 0 spiro atoms. The molecule has 0 aliphatic carbocycles. The second-order valence-electron chi connectivity index (χ2n) is 3.42. The summed E-state index contributed by atoms with van der Waals surface area (Å²) in [5.74, 6) is 1.26. The molecule has 14 heavy (non-hydrogen) atoms. The Labute approximate surface area is 93.2 Å². The van der Waals surface area contributed by atoms with Crippen molar-refractivity contribution in [3.8, 4) is 0 Å². The Hall–Kier alpha value is -0.250. The second kappa shape index (κ2) is 4.51. The molecule has 0 radical (unpaired) electrons. The molecule has 2 N–H and O–H groups in total. The third-order valence-electron chi connectivity index (χ3n) is 2.45. The maximum absolute atomic E-state index is 5.91. The third-order valence-corrected chi connectivity index (χ3v) is 4.23. The lowest BCUT2D eigenvalue weighted by atomic mass is 10.1. The molecule has 2 heterocycles. The minimum absolute atomic E-state index is 0.469. The van der Waals surface area contributed by atoms with Gasteiger partial charge in [0.15, 0.2) is 0 Å². The van der Waals surface area contributed by atoms with E-state index in [-0.39, 0.29) is 0 Å². The van der Waals surface area contributed by atoms with Gasteiger partial charge in [-0.3, -0.25) is 0 Å². The van der Waals surface area contributed by atoms with Crippen molar-refractivity contribution in [2.24, 2.45) is 5.73 Å². The van der Waals surface area contributed by atoms with Crippen molar-refractivity contribution >= 4 is 23.4 Å². The summed E-state index contributed by atoms with van der Waals surface area (Å²) in [7, 11) is 0. The number of aromatic nitrogens is 1. The minimum atomic E-state index is 0.469. The average molecular weight is 229 g/mol. The zero-order valence-electron chi connectivity index (χ0n) is 7.87. The van der Waals surface area contributed by atoms with Crippen LogP contribution in [0.3, 0.4) is 0 Å². The Morgan fingerprint density at radius 3 is 3.14 bits per heavy atom. The summed E-state index contributed by atoms with van der Waals surface area (Å²) in [6.45, 7) is 0.469. The molecule has 76 valence electrons. The number of halogens is 1. The van der Waals surface area contributed by atoms with Crippen LogP contribution in [-0.4, -0.2) is 10.7 Å². The van der Waals surface area contributed by atoms with Gasteiger partial charge in [-0.2, -0.15) is 11.8 Å². The van der Waals surface area contributed by atoms with Gasteiger partial charge in [0.1, 0.15) is 5.15 Å². The lowest BCUT2D eigenvalue weighted by Crippen LogP contribution is -2.01. The van der Waals surface area contributed by atoms with Crippen molar-refractivity contribution in [2.45, 2.75) is 24.6 Å². The molecule has 1 saturated heterocycles. The summed E-state index contributed by atoms with van der Waals surface area (Å²) in [5, 5.41) is 1.14. The van der Waals surface area contributed by atoms with Crippen LogP contribution in [0.25, 0.3) is 0 Å². The van der Waals surface area contributed by atoms with E-state index in [0.717, 1.165) is 5.56 Å². The molecule has 0 aromatic carbocycles. The fourth-order valence-electron chi connectivity index (χ4n) is 1.67. The van der Waals surface area contributed by atoms with Gasteiger partial charge < -0.3 is 5.73 Å². The number of pyridine rings is 1. The normalized spacial score (nSPS) is 21.4. The van der Waals surface area contributed by atoms with Crippen LogP contribution in [0.4, 0.5) is 0 Å². The number of hydrogen-bond donors (Lipinski definition) is 1. The fourth-order valence-corrected chi connectivity index (χ4v) is 3.12. The van der Waals surface area contributed by atoms with Crippen LogP contribution in [0, 0.1) is 0 Å². The first kappa shape index (κ1) is 10.3. The zero-order valence-corrected chi connectivity index (χ0v) is 9.44. The third kappa shape index (κ3) is 2.05. The molecule has 0 amide bonds. The lowest BCUT2D eigenvalue weighted by Gasteiger charge is -2.10. The number of rotatable bonds is 2. The Morgan fingerprint density at radius 1 is 1.64 bits per heavy atom. The summed E-state index contributed by atoms with van der Waals surface area (Å²) in [6, 6.07) is 2.10. The Kier molecular flexibility index (Phi) is 3.31. The van der Waals surface area contributed by atoms with Crippen LogP contribution in [0.5, 0.6) is 0 Å². The van der Waals surface area contributed by atoms with Crippen LogP contribution >= 0.6 is 23.4 Å². The topological polar surface area (TPSA) is 38.9 Å². The molecule has 0 bridgehead atoms. The average Bonchev–Trinajstić information content (AvgIpc) is 2.71. The van der Waals surface area contributed by atoms with Crippen molar-refractivity contribution in [3.05, 3.63) is 28.5 Å². The predicted molar refractivity (Wildman–Crippen MR) is 61.6 cm³/mol. The SMILES string of the molecule is NCc1cc(C2CCCS2)cnc1Cl. The monoisotopic (exact) mass is 228 g/mol. The van der Waals surface area contributed by atoms with Crippen LogP contribution in [0.1, 0.15) is 29.2 Å². The van der Waals surface area contributed by atoms with Gasteiger partial charge in [0, 0.05) is 23.6 Å². The molecule has 1 aromatic heterocycles. The van der Waals surface area contributed by atoms with Crippen molar-refractivity contribution in [2.75, 3.05) is 5.75 Å². The van der Waals surface area contributed by atoms with Crippen LogP contribution in [-0.2, 0) is 6.54 Å². The van der Waals surface area contributed by atoms with Gasteiger partial charge in [0.25, 0.3) is 0 Å². The summed E-state index contributed by atoms with van der Waals surface area (Å²) in [5.41, 5.74) is 7.82. The van der Waals surface area contributed by atoms with E-state index >= 15 is 0 Å². The van der Waals surface area contributed by atoms with Crippen molar-refractivity contribution in [3.63, 3.8) is 0 Å². The second-order valence-corrected chi connectivity index (χ2v) is 5.09. The van der Waals surface area contributed by atoms with Gasteiger partial charge in [0.2, 0.25) is 0 Å². The van der Waals surface area contributed by atoms with E-state index in [9.17, 15) is 0 Å². The number of thioether (sulfide) groups is 1. The maximum atomic E-state index is 5.91. The largest absolute Gasteiger partial charge is 0.326 e. The highest BCUT2D eigenvalue weighted by atomic mass is 35.5. The molecule has 1 aromatic rings. The lowest BCUT2D eigenvalue weighted by molar-refractivity contribution is 0.822. The highest BCUT2D eigenvalue weighted by Gasteiger charge is 2.18. The van der Waals surface area contributed by atoms with Gasteiger partial charge in [-0.05, 0) is 30.2 Å². The van der Waals surface area contributed by atoms with Gasteiger partial charge in [-0.25, -0.2) is 4.98 Å². The zero-order chi connectivity index (χ0) is 9.97. The summed E-state index contributed by atoms with van der Waals surface area (Å²) in [4.78, 5) is 4.17. The minimum Gasteiger partial charge on any atom is -0.326 e. The molecule has 1 fully saturated rings.